The van der Waals surface area contributed by atoms with Gasteiger partial charge < -0.3 is 20.3 Å². The van der Waals surface area contributed by atoms with Crippen molar-refractivity contribution in [1.82, 2.24) is 5.32 Å². The predicted octanol–water partition coefficient (Wildman–Crippen LogP) is 22.0. The third-order valence-electron chi connectivity index (χ3n) is 16.3. The SMILES string of the molecule is CCCCCC/C=C\CCCCCCCC(=O)OCCCCCCCCCCCCCCCCCCCCCCCCCCCCCCC(=O)NC(CO)C(O)CCCCCCCCCCCCCCCCCCC. The molecule has 2 unspecified atom stereocenters. The topological polar surface area (TPSA) is 95.9 Å². The highest BCUT2D eigenvalue weighted by molar-refractivity contribution is 5.76. The van der Waals surface area contributed by atoms with Gasteiger partial charge in [0.15, 0.2) is 0 Å². The summed E-state index contributed by atoms with van der Waals surface area (Å²) in [4.78, 5) is 24.6. The Morgan fingerprint density at radius 3 is 0.960 bits per heavy atom. The minimum absolute atomic E-state index is 0.0104. The number of esters is 1. The Bertz CT molecular complexity index is 1130. The second-order valence-corrected chi connectivity index (χ2v) is 23.9. The molecule has 0 aliphatic carbocycles. The number of rotatable bonds is 65. The Hall–Kier alpha value is -1.40. The van der Waals surface area contributed by atoms with Crippen molar-refractivity contribution in [2.75, 3.05) is 13.2 Å². The molecule has 0 bridgehead atoms. The van der Waals surface area contributed by atoms with Crippen molar-refractivity contribution in [1.29, 1.82) is 0 Å². The van der Waals surface area contributed by atoms with Crippen LogP contribution in [0.4, 0.5) is 0 Å². The first-order valence-corrected chi connectivity index (χ1v) is 34.4. The maximum atomic E-state index is 12.5. The van der Waals surface area contributed by atoms with Crippen LogP contribution in [0.25, 0.3) is 0 Å². The minimum Gasteiger partial charge on any atom is -0.466 e. The first-order chi connectivity index (χ1) is 37.0. The summed E-state index contributed by atoms with van der Waals surface area (Å²) in [5.41, 5.74) is 0. The van der Waals surface area contributed by atoms with Gasteiger partial charge in [-0.25, -0.2) is 0 Å². The van der Waals surface area contributed by atoms with Crippen LogP contribution in [0.1, 0.15) is 393 Å². The number of unbranched alkanes of at least 4 members (excludes halogenated alkanes) is 52. The second-order valence-electron chi connectivity index (χ2n) is 23.9. The van der Waals surface area contributed by atoms with E-state index in [4.69, 9.17) is 4.74 Å². The van der Waals surface area contributed by atoms with Crippen molar-refractivity contribution in [3.8, 4) is 0 Å². The fourth-order valence-corrected chi connectivity index (χ4v) is 11.1. The predicted molar refractivity (Wildman–Crippen MR) is 329 cm³/mol. The van der Waals surface area contributed by atoms with Crippen LogP contribution in [0.3, 0.4) is 0 Å². The maximum absolute atomic E-state index is 12.5. The Kier molecular flexibility index (Phi) is 63.9. The summed E-state index contributed by atoms with van der Waals surface area (Å²) in [5.74, 6) is -0.0176. The summed E-state index contributed by atoms with van der Waals surface area (Å²) in [5, 5.41) is 23.4. The molecule has 6 nitrogen and oxygen atoms in total. The molecule has 0 aromatic carbocycles. The lowest BCUT2D eigenvalue weighted by atomic mass is 10.0. The van der Waals surface area contributed by atoms with E-state index in [2.05, 4.69) is 31.3 Å². The zero-order valence-corrected chi connectivity index (χ0v) is 51.1. The molecule has 75 heavy (non-hydrogen) atoms. The van der Waals surface area contributed by atoms with Crippen LogP contribution in [0.2, 0.25) is 0 Å². The second kappa shape index (κ2) is 65.1. The molecule has 3 N–H and O–H groups in total. The molecular formula is C69H135NO5. The molecule has 0 saturated carbocycles. The molecule has 0 aromatic rings. The molecule has 0 aliphatic heterocycles. The molecule has 0 spiro atoms. The zero-order chi connectivity index (χ0) is 54.3. The number of ether oxygens (including phenoxy) is 1. The van der Waals surface area contributed by atoms with E-state index in [-0.39, 0.29) is 18.5 Å². The van der Waals surface area contributed by atoms with Crippen molar-refractivity contribution in [3.05, 3.63) is 12.2 Å². The Morgan fingerprint density at radius 2 is 0.627 bits per heavy atom. The summed E-state index contributed by atoms with van der Waals surface area (Å²) >= 11 is 0. The Morgan fingerprint density at radius 1 is 0.360 bits per heavy atom. The molecule has 1 amide bonds. The number of carbonyl (C=O) groups excluding carboxylic acids is 2. The number of hydrogen-bond acceptors (Lipinski definition) is 5. The summed E-state index contributed by atoms with van der Waals surface area (Å²) in [6.45, 7) is 4.97. The summed E-state index contributed by atoms with van der Waals surface area (Å²) in [6, 6.07) is -0.538. The van der Waals surface area contributed by atoms with E-state index in [1.165, 1.54) is 315 Å². The van der Waals surface area contributed by atoms with Crippen LogP contribution in [0.5, 0.6) is 0 Å². The van der Waals surface area contributed by atoms with Crippen LogP contribution in [-0.2, 0) is 14.3 Å². The summed E-state index contributed by atoms with van der Waals surface area (Å²) in [6.07, 6.45) is 79.7. The van der Waals surface area contributed by atoms with Crippen LogP contribution in [0.15, 0.2) is 12.2 Å². The molecule has 2 atom stereocenters. The molecular weight excluding hydrogens is 923 g/mol. The van der Waals surface area contributed by atoms with Crippen molar-refractivity contribution in [2.45, 2.75) is 405 Å². The molecule has 0 aromatic heterocycles. The number of aliphatic hydroxyl groups is 2. The maximum Gasteiger partial charge on any atom is 0.305 e. The number of amides is 1. The quantitative estimate of drug-likeness (QED) is 0.0320. The first kappa shape index (κ1) is 73.6. The third-order valence-corrected chi connectivity index (χ3v) is 16.3. The molecule has 0 radical (unpaired) electrons. The summed E-state index contributed by atoms with van der Waals surface area (Å²) in [7, 11) is 0. The first-order valence-electron chi connectivity index (χ1n) is 34.4. The van der Waals surface area contributed by atoms with Gasteiger partial charge in [0.1, 0.15) is 0 Å². The van der Waals surface area contributed by atoms with E-state index in [1.807, 2.05) is 0 Å². The van der Waals surface area contributed by atoms with E-state index >= 15 is 0 Å². The van der Waals surface area contributed by atoms with Crippen LogP contribution in [-0.4, -0.2) is 47.4 Å². The van der Waals surface area contributed by atoms with E-state index in [1.54, 1.807) is 0 Å². The molecule has 446 valence electrons. The van der Waals surface area contributed by atoms with Gasteiger partial charge in [-0.3, -0.25) is 9.59 Å². The molecule has 0 aliphatic rings. The zero-order valence-electron chi connectivity index (χ0n) is 51.1. The van der Waals surface area contributed by atoms with Crippen molar-refractivity contribution in [3.63, 3.8) is 0 Å². The fraction of sp³-hybridized carbons (Fsp3) is 0.942. The lowest BCUT2D eigenvalue weighted by Gasteiger charge is -2.22. The molecule has 0 heterocycles. The lowest BCUT2D eigenvalue weighted by molar-refractivity contribution is -0.143. The number of carbonyl (C=O) groups is 2. The number of aliphatic hydroxyl groups excluding tert-OH is 2. The van der Waals surface area contributed by atoms with E-state index in [0.717, 1.165) is 44.9 Å². The van der Waals surface area contributed by atoms with Gasteiger partial charge in [-0.15, -0.1) is 0 Å². The van der Waals surface area contributed by atoms with Crippen LogP contribution in [0, 0.1) is 0 Å². The fourth-order valence-electron chi connectivity index (χ4n) is 11.1. The van der Waals surface area contributed by atoms with Gasteiger partial charge in [-0.2, -0.15) is 0 Å². The van der Waals surface area contributed by atoms with Crippen LogP contribution >= 0.6 is 0 Å². The average Bonchev–Trinajstić information content (AvgIpc) is 3.41. The van der Waals surface area contributed by atoms with Gasteiger partial charge in [0.2, 0.25) is 5.91 Å². The summed E-state index contributed by atoms with van der Waals surface area (Å²) < 4.78 is 5.48. The van der Waals surface area contributed by atoms with Gasteiger partial charge in [0, 0.05) is 12.8 Å². The highest BCUT2D eigenvalue weighted by Crippen LogP contribution is 2.19. The average molecular weight is 1060 g/mol. The standard InChI is InChI=1S/C69H135NO5/c1-3-5-7-9-11-13-15-17-18-31-34-38-41-45-49-53-57-61-67(72)66(65-71)70-68(73)62-58-54-50-46-42-39-35-32-29-27-25-23-21-19-20-22-24-26-28-30-33-36-40-44-48-52-56-60-64-75-69(74)63-59-55-51-47-43-37-16-14-12-10-8-6-4-2/h14,16,66-67,71-72H,3-13,15,17-65H2,1-2H3,(H,70,73)/b16-14-. The van der Waals surface area contributed by atoms with Gasteiger partial charge in [-0.05, 0) is 51.4 Å². The normalized spacial score (nSPS) is 12.5. The van der Waals surface area contributed by atoms with E-state index in [9.17, 15) is 19.8 Å². The Balaban J connectivity index is 3.34. The number of allylic oxidation sites excluding steroid dienone is 2. The third kappa shape index (κ3) is 61.7. The van der Waals surface area contributed by atoms with Gasteiger partial charge >= 0.3 is 5.97 Å². The van der Waals surface area contributed by atoms with Gasteiger partial charge in [0.05, 0.1) is 25.4 Å². The van der Waals surface area contributed by atoms with Crippen molar-refractivity contribution < 1.29 is 24.5 Å². The number of hydrogen-bond donors (Lipinski definition) is 3. The smallest absolute Gasteiger partial charge is 0.305 e. The molecule has 0 saturated heterocycles. The molecule has 0 rings (SSSR count). The van der Waals surface area contributed by atoms with E-state index in [0.29, 0.717) is 25.9 Å². The molecule has 0 fully saturated rings. The van der Waals surface area contributed by atoms with Gasteiger partial charge in [-0.1, -0.05) is 341 Å². The van der Waals surface area contributed by atoms with Crippen LogP contribution < -0.4 is 5.32 Å². The largest absolute Gasteiger partial charge is 0.466 e. The van der Waals surface area contributed by atoms with Gasteiger partial charge in [0.25, 0.3) is 0 Å². The highest BCUT2D eigenvalue weighted by Gasteiger charge is 2.20. The Labute approximate surface area is 469 Å². The number of nitrogens with one attached hydrogen (secondary N) is 1. The highest BCUT2D eigenvalue weighted by atomic mass is 16.5. The minimum atomic E-state index is -0.662. The lowest BCUT2D eigenvalue weighted by Crippen LogP contribution is -2.45. The van der Waals surface area contributed by atoms with E-state index < -0.39 is 12.1 Å². The monoisotopic (exact) mass is 1060 g/mol. The van der Waals surface area contributed by atoms with Crippen molar-refractivity contribution in [2.24, 2.45) is 0 Å². The molecule has 6 heteroatoms. The van der Waals surface area contributed by atoms with Crippen molar-refractivity contribution >= 4 is 11.9 Å².